The maximum atomic E-state index is 13.5. The lowest BCUT2D eigenvalue weighted by atomic mass is 9.87. The number of hydrogen-bond acceptors (Lipinski definition) is 4. The van der Waals surface area contributed by atoms with E-state index in [9.17, 15) is 8.78 Å². The molecule has 1 saturated heterocycles. The molecule has 192 valence electrons. The van der Waals surface area contributed by atoms with Gasteiger partial charge in [-0.25, -0.2) is 8.78 Å². The first-order chi connectivity index (χ1) is 17.5. The van der Waals surface area contributed by atoms with Crippen molar-refractivity contribution in [2.24, 2.45) is 0 Å². The molecule has 0 N–H and O–H groups in total. The first kappa shape index (κ1) is 26.1. The highest BCUT2D eigenvalue weighted by atomic mass is 19.1. The lowest BCUT2D eigenvalue weighted by Gasteiger charge is -2.35. The number of para-hydroxylation sites is 2. The van der Waals surface area contributed by atoms with E-state index >= 15 is 0 Å². The summed E-state index contributed by atoms with van der Waals surface area (Å²) in [5.74, 6) is 0.594. The van der Waals surface area contributed by atoms with Crippen LogP contribution in [0.1, 0.15) is 29.9 Å². The predicted octanol–water partition coefficient (Wildman–Crippen LogP) is 5.64. The molecular weight excluding hydrogens is 456 g/mol. The van der Waals surface area contributed by atoms with Crippen LogP contribution in [0.3, 0.4) is 0 Å². The van der Waals surface area contributed by atoms with Crippen LogP contribution in [0.5, 0.6) is 5.75 Å². The first-order valence-electron chi connectivity index (χ1n) is 12.8. The Kier molecular flexibility index (Phi) is 9.31. The van der Waals surface area contributed by atoms with E-state index in [1.54, 1.807) is 0 Å². The molecule has 6 heteroatoms. The van der Waals surface area contributed by atoms with E-state index in [1.165, 1.54) is 24.3 Å². The van der Waals surface area contributed by atoms with Crippen LogP contribution >= 0.6 is 0 Å². The Labute approximate surface area is 214 Å². The number of piperazine rings is 1. The summed E-state index contributed by atoms with van der Waals surface area (Å²) in [5.41, 5.74) is 3.24. The molecule has 0 unspecified atom stereocenters. The van der Waals surface area contributed by atoms with E-state index in [1.807, 2.05) is 56.6 Å². The maximum Gasteiger partial charge on any atom is 0.142 e. The molecule has 1 aliphatic heterocycles. The number of anilines is 1. The Balaban J connectivity index is 1.22. The van der Waals surface area contributed by atoms with Gasteiger partial charge in [-0.2, -0.15) is 0 Å². The molecule has 0 bridgehead atoms. The standard InChI is InChI=1S/C30H37F2N3O/c1-33(2)29-7-3-4-8-30(29)36-23-22-35-20-18-34(19-21-35)17-5-6-28(24-9-13-26(31)14-10-24)25-11-15-27(32)16-12-25/h3-4,7-16,28H,5-6,17-23H2,1-2H3. The third-order valence-corrected chi connectivity index (χ3v) is 6.99. The summed E-state index contributed by atoms with van der Waals surface area (Å²) in [6, 6.07) is 21.6. The summed E-state index contributed by atoms with van der Waals surface area (Å²) in [6.45, 7) is 6.81. The summed E-state index contributed by atoms with van der Waals surface area (Å²) in [5, 5.41) is 0. The Morgan fingerprint density at radius 2 is 1.28 bits per heavy atom. The van der Waals surface area contributed by atoms with Gasteiger partial charge in [0.25, 0.3) is 0 Å². The molecule has 0 aliphatic carbocycles. The molecule has 3 aromatic carbocycles. The number of ether oxygens (including phenoxy) is 1. The second-order valence-corrected chi connectivity index (χ2v) is 9.69. The van der Waals surface area contributed by atoms with Crippen LogP contribution < -0.4 is 9.64 Å². The summed E-state index contributed by atoms with van der Waals surface area (Å²) in [6.07, 6.45) is 1.97. The fraction of sp³-hybridized carbons (Fsp3) is 0.400. The van der Waals surface area contributed by atoms with Crippen LogP contribution in [-0.4, -0.2) is 69.8 Å². The summed E-state index contributed by atoms with van der Waals surface area (Å²) >= 11 is 0. The van der Waals surface area contributed by atoms with Crippen LogP contribution in [0, 0.1) is 11.6 Å². The molecule has 0 atom stereocenters. The van der Waals surface area contributed by atoms with E-state index in [0.717, 1.165) is 74.7 Å². The van der Waals surface area contributed by atoms with Gasteiger partial charge < -0.3 is 14.5 Å². The lowest BCUT2D eigenvalue weighted by molar-refractivity contribution is 0.115. The van der Waals surface area contributed by atoms with Crippen molar-refractivity contribution in [2.75, 3.05) is 64.9 Å². The van der Waals surface area contributed by atoms with Gasteiger partial charge in [-0.1, -0.05) is 36.4 Å². The normalized spacial score (nSPS) is 14.8. The van der Waals surface area contributed by atoms with Crippen molar-refractivity contribution in [3.8, 4) is 5.75 Å². The van der Waals surface area contributed by atoms with E-state index in [0.29, 0.717) is 6.61 Å². The van der Waals surface area contributed by atoms with Gasteiger partial charge in [-0.15, -0.1) is 0 Å². The maximum absolute atomic E-state index is 13.5. The smallest absolute Gasteiger partial charge is 0.142 e. The van der Waals surface area contributed by atoms with Crippen LogP contribution in [0.25, 0.3) is 0 Å². The van der Waals surface area contributed by atoms with Crippen molar-refractivity contribution in [2.45, 2.75) is 18.8 Å². The predicted molar refractivity (Wildman–Crippen MR) is 143 cm³/mol. The molecule has 4 nitrogen and oxygen atoms in total. The minimum atomic E-state index is -0.234. The largest absolute Gasteiger partial charge is 0.490 e. The molecule has 0 amide bonds. The average molecular weight is 494 g/mol. The van der Waals surface area contributed by atoms with Crippen LogP contribution in [0.15, 0.2) is 72.8 Å². The summed E-state index contributed by atoms with van der Waals surface area (Å²) in [7, 11) is 4.06. The van der Waals surface area contributed by atoms with Crippen molar-refractivity contribution in [1.29, 1.82) is 0 Å². The second kappa shape index (κ2) is 12.8. The van der Waals surface area contributed by atoms with Gasteiger partial charge in [0.2, 0.25) is 0 Å². The number of nitrogens with zero attached hydrogens (tertiary/aromatic N) is 3. The number of rotatable bonds is 11. The molecule has 36 heavy (non-hydrogen) atoms. The Bertz CT molecular complexity index is 1020. The van der Waals surface area contributed by atoms with Crippen molar-refractivity contribution in [3.63, 3.8) is 0 Å². The Morgan fingerprint density at radius 1 is 0.750 bits per heavy atom. The fourth-order valence-electron chi connectivity index (χ4n) is 4.90. The molecule has 0 aromatic heterocycles. The minimum Gasteiger partial charge on any atom is -0.490 e. The van der Waals surface area contributed by atoms with E-state index in [4.69, 9.17) is 4.74 Å². The minimum absolute atomic E-state index is 0.134. The molecule has 0 saturated carbocycles. The molecule has 1 aliphatic rings. The Morgan fingerprint density at radius 3 is 1.83 bits per heavy atom. The number of benzene rings is 3. The molecule has 4 rings (SSSR count). The second-order valence-electron chi connectivity index (χ2n) is 9.69. The molecule has 0 radical (unpaired) electrons. The average Bonchev–Trinajstić information content (AvgIpc) is 2.89. The van der Waals surface area contributed by atoms with Crippen molar-refractivity contribution in [3.05, 3.63) is 95.6 Å². The topological polar surface area (TPSA) is 19.0 Å². The molecular formula is C30H37F2N3O. The van der Waals surface area contributed by atoms with Crippen molar-refractivity contribution < 1.29 is 13.5 Å². The lowest BCUT2D eigenvalue weighted by Crippen LogP contribution is -2.47. The Hall–Kier alpha value is -2.96. The zero-order chi connectivity index (χ0) is 25.3. The first-order valence-corrected chi connectivity index (χ1v) is 12.8. The van der Waals surface area contributed by atoms with Crippen molar-refractivity contribution >= 4 is 5.69 Å². The van der Waals surface area contributed by atoms with Gasteiger partial charge in [0.15, 0.2) is 0 Å². The van der Waals surface area contributed by atoms with Gasteiger partial charge in [-0.05, 0) is 66.9 Å². The zero-order valence-electron chi connectivity index (χ0n) is 21.4. The highest BCUT2D eigenvalue weighted by Gasteiger charge is 2.19. The van der Waals surface area contributed by atoms with Crippen LogP contribution in [0.2, 0.25) is 0 Å². The highest BCUT2D eigenvalue weighted by molar-refractivity contribution is 5.57. The number of halogens is 2. The number of hydrogen-bond donors (Lipinski definition) is 0. The van der Waals surface area contributed by atoms with E-state index in [-0.39, 0.29) is 17.6 Å². The molecule has 1 fully saturated rings. The van der Waals surface area contributed by atoms with Gasteiger partial charge in [0, 0.05) is 52.7 Å². The SMILES string of the molecule is CN(C)c1ccccc1OCCN1CCN(CCCC(c2ccc(F)cc2)c2ccc(F)cc2)CC1. The monoisotopic (exact) mass is 493 g/mol. The third kappa shape index (κ3) is 7.28. The van der Waals surface area contributed by atoms with Gasteiger partial charge in [0.1, 0.15) is 24.0 Å². The fourth-order valence-corrected chi connectivity index (χ4v) is 4.90. The van der Waals surface area contributed by atoms with Crippen molar-refractivity contribution in [1.82, 2.24) is 9.80 Å². The zero-order valence-corrected chi connectivity index (χ0v) is 21.4. The quantitative estimate of drug-likeness (QED) is 0.344. The third-order valence-electron chi connectivity index (χ3n) is 6.99. The van der Waals surface area contributed by atoms with E-state index in [2.05, 4.69) is 20.8 Å². The van der Waals surface area contributed by atoms with Gasteiger partial charge in [-0.3, -0.25) is 4.90 Å². The van der Waals surface area contributed by atoms with Gasteiger partial charge >= 0.3 is 0 Å². The highest BCUT2D eigenvalue weighted by Crippen LogP contribution is 2.30. The van der Waals surface area contributed by atoms with Gasteiger partial charge in [0.05, 0.1) is 5.69 Å². The molecule has 1 heterocycles. The van der Waals surface area contributed by atoms with Crippen LogP contribution in [0.4, 0.5) is 14.5 Å². The van der Waals surface area contributed by atoms with Crippen LogP contribution in [-0.2, 0) is 0 Å². The molecule has 0 spiro atoms. The molecule has 3 aromatic rings. The summed E-state index contributed by atoms with van der Waals surface area (Å²) < 4.78 is 33.0. The van der Waals surface area contributed by atoms with E-state index < -0.39 is 0 Å². The summed E-state index contributed by atoms with van der Waals surface area (Å²) in [4.78, 5) is 7.06.